The van der Waals surface area contributed by atoms with E-state index >= 15 is 0 Å². The number of benzene rings is 1. The highest BCUT2D eigenvalue weighted by atomic mass is 35.5. The number of piperidine rings is 1. The van der Waals surface area contributed by atoms with Crippen LogP contribution in [0.5, 0.6) is 0 Å². The largest absolute Gasteiger partial charge is 0.453 e. The lowest BCUT2D eigenvalue weighted by molar-refractivity contribution is -0.140. The summed E-state index contributed by atoms with van der Waals surface area (Å²) in [6.07, 6.45) is 1.65. The van der Waals surface area contributed by atoms with E-state index < -0.39 is 10.4 Å². The van der Waals surface area contributed by atoms with E-state index in [0.29, 0.717) is 25.9 Å². The van der Waals surface area contributed by atoms with Crippen molar-refractivity contribution in [3.05, 3.63) is 35.9 Å². The van der Waals surface area contributed by atoms with Crippen molar-refractivity contribution in [1.82, 2.24) is 10.2 Å². The molecule has 0 bridgehead atoms. The number of amides is 2. The van der Waals surface area contributed by atoms with Crippen LogP contribution in [0.1, 0.15) is 24.8 Å². The summed E-state index contributed by atoms with van der Waals surface area (Å²) in [6, 6.07) is 10.2. The van der Waals surface area contributed by atoms with Gasteiger partial charge in [-0.1, -0.05) is 30.3 Å². The average molecular weight is 397 g/mol. The molecule has 1 aromatic rings. The average Bonchev–Trinajstić information content (AvgIpc) is 3.14. The Morgan fingerprint density at radius 2 is 1.92 bits per heavy atom. The summed E-state index contributed by atoms with van der Waals surface area (Å²) in [7, 11) is 1.34. The molecule has 2 atom stereocenters. The SMILES string of the molecule is COC(=O)NC1CC(C(=O)N2CCC3(c4ccccc4)C(C2)C3(Cl)Cl)C1. The van der Waals surface area contributed by atoms with Gasteiger partial charge >= 0.3 is 6.09 Å². The van der Waals surface area contributed by atoms with E-state index in [1.807, 2.05) is 23.1 Å². The zero-order valence-electron chi connectivity index (χ0n) is 14.6. The Bertz CT molecular complexity index is 721. The molecule has 1 aliphatic heterocycles. The molecule has 2 amide bonds. The lowest BCUT2D eigenvalue weighted by Gasteiger charge is -2.39. The van der Waals surface area contributed by atoms with Crippen molar-refractivity contribution in [2.75, 3.05) is 20.2 Å². The van der Waals surface area contributed by atoms with Crippen molar-refractivity contribution in [3.63, 3.8) is 0 Å². The van der Waals surface area contributed by atoms with Crippen LogP contribution < -0.4 is 5.32 Å². The molecule has 2 saturated carbocycles. The zero-order chi connectivity index (χ0) is 18.5. The van der Waals surface area contributed by atoms with Crippen LogP contribution in [0, 0.1) is 11.8 Å². The third-order valence-electron chi connectivity index (χ3n) is 6.32. The lowest BCUT2D eigenvalue weighted by Crippen LogP contribution is -2.52. The number of hydrogen-bond acceptors (Lipinski definition) is 3. The van der Waals surface area contributed by atoms with Crippen molar-refractivity contribution in [3.8, 4) is 0 Å². The minimum atomic E-state index is -0.821. The van der Waals surface area contributed by atoms with E-state index in [1.54, 1.807) is 0 Å². The van der Waals surface area contributed by atoms with Gasteiger partial charge in [0, 0.05) is 36.4 Å². The maximum absolute atomic E-state index is 12.8. The first-order valence-electron chi connectivity index (χ1n) is 8.96. The molecule has 1 heterocycles. The van der Waals surface area contributed by atoms with Crippen molar-refractivity contribution >= 4 is 35.2 Å². The lowest BCUT2D eigenvalue weighted by atomic mass is 9.78. The molecular formula is C19H22Cl2N2O3. The zero-order valence-corrected chi connectivity index (χ0v) is 16.1. The van der Waals surface area contributed by atoms with Gasteiger partial charge in [0.25, 0.3) is 0 Å². The number of alkyl halides is 2. The number of hydrogen-bond donors (Lipinski definition) is 1. The second kappa shape index (κ2) is 6.31. The molecule has 1 saturated heterocycles. The topological polar surface area (TPSA) is 58.6 Å². The highest BCUT2D eigenvalue weighted by Crippen LogP contribution is 2.72. The second-order valence-electron chi connectivity index (χ2n) is 7.55. The molecule has 2 unspecified atom stereocenters. The molecule has 1 N–H and O–H groups in total. The predicted octanol–water partition coefficient (Wildman–Crippen LogP) is 3.10. The first-order valence-corrected chi connectivity index (χ1v) is 9.72. The first kappa shape index (κ1) is 17.9. The van der Waals surface area contributed by atoms with Gasteiger partial charge in [0.15, 0.2) is 0 Å². The third kappa shape index (κ3) is 2.59. The molecule has 4 rings (SSSR count). The quantitative estimate of drug-likeness (QED) is 0.798. The number of ether oxygens (including phenoxy) is 1. The fourth-order valence-electron chi connectivity index (χ4n) is 4.66. The van der Waals surface area contributed by atoms with Crippen LogP contribution in [0.2, 0.25) is 0 Å². The molecule has 0 radical (unpaired) electrons. The van der Waals surface area contributed by atoms with Gasteiger partial charge < -0.3 is 15.0 Å². The minimum Gasteiger partial charge on any atom is -0.453 e. The Balaban J connectivity index is 1.38. The molecular weight excluding hydrogens is 375 g/mol. The molecule has 3 aliphatic rings. The monoisotopic (exact) mass is 396 g/mol. The first-order chi connectivity index (χ1) is 12.4. The summed E-state index contributed by atoms with van der Waals surface area (Å²) in [5, 5.41) is 2.74. The fraction of sp³-hybridized carbons (Fsp3) is 0.579. The van der Waals surface area contributed by atoms with Crippen molar-refractivity contribution in [2.45, 2.75) is 35.1 Å². The maximum atomic E-state index is 12.8. The van der Waals surface area contributed by atoms with Gasteiger partial charge in [0.1, 0.15) is 4.33 Å². The Labute approximate surface area is 163 Å². The van der Waals surface area contributed by atoms with Crippen LogP contribution in [-0.4, -0.2) is 47.5 Å². The van der Waals surface area contributed by atoms with Gasteiger partial charge in [0.05, 0.1) is 7.11 Å². The summed E-state index contributed by atoms with van der Waals surface area (Å²) in [5.41, 5.74) is 0.913. The van der Waals surface area contributed by atoms with E-state index in [1.165, 1.54) is 7.11 Å². The standard InChI is InChI=1S/C19H22Cl2N2O3/c1-26-17(25)22-14-9-12(10-14)16(24)23-8-7-18(13-5-3-2-4-6-13)15(11-23)19(18,20)21/h2-6,12,14-15H,7-11H2,1H3,(H,22,25). The summed E-state index contributed by atoms with van der Waals surface area (Å²) in [5.74, 6) is 0.160. The third-order valence-corrected chi connectivity index (χ3v) is 7.52. The van der Waals surface area contributed by atoms with E-state index in [4.69, 9.17) is 23.2 Å². The molecule has 5 nitrogen and oxygen atoms in total. The minimum absolute atomic E-state index is 0.0191. The molecule has 1 aromatic carbocycles. The number of methoxy groups -OCH3 is 1. The second-order valence-corrected chi connectivity index (χ2v) is 8.93. The molecule has 3 fully saturated rings. The Morgan fingerprint density at radius 1 is 1.23 bits per heavy atom. The van der Waals surface area contributed by atoms with E-state index in [0.717, 1.165) is 12.0 Å². The van der Waals surface area contributed by atoms with Crippen LogP contribution >= 0.6 is 23.2 Å². The fourth-order valence-corrected chi connectivity index (χ4v) is 5.73. The van der Waals surface area contributed by atoms with Crippen molar-refractivity contribution in [2.24, 2.45) is 11.8 Å². The number of rotatable bonds is 3. The van der Waals surface area contributed by atoms with Crippen LogP contribution in [0.4, 0.5) is 4.79 Å². The summed E-state index contributed by atoms with van der Waals surface area (Å²) >= 11 is 13.3. The summed E-state index contributed by atoms with van der Waals surface area (Å²) < 4.78 is 3.77. The number of carbonyl (C=O) groups excluding carboxylic acids is 2. The van der Waals surface area contributed by atoms with E-state index in [-0.39, 0.29) is 29.2 Å². The molecule has 140 valence electrons. The highest BCUT2D eigenvalue weighted by molar-refractivity contribution is 6.52. The summed E-state index contributed by atoms with van der Waals surface area (Å²) in [6.45, 7) is 1.25. The summed E-state index contributed by atoms with van der Waals surface area (Å²) in [4.78, 5) is 25.9. The van der Waals surface area contributed by atoms with Crippen LogP contribution in [0.25, 0.3) is 0 Å². The van der Waals surface area contributed by atoms with Gasteiger partial charge in [-0.05, 0) is 24.8 Å². The van der Waals surface area contributed by atoms with Gasteiger partial charge in [0.2, 0.25) is 5.91 Å². The molecule has 0 aromatic heterocycles. The van der Waals surface area contributed by atoms with Crippen LogP contribution in [0.3, 0.4) is 0 Å². The molecule has 26 heavy (non-hydrogen) atoms. The molecule has 7 heteroatoms. The number of halogens is 2. The normalized spacial score (nSPS) is 34.3. The van der Waals surface area contributed by atoms with Gasteiger partial charge in [-0.15, -0.1) is 23.2 Å². The Kier molecular flexibility index (Phi) is 4.35. The van der Waals surface area contributed by atoms with Gasteiger partial charge in [-0.3, -0.25) is 4.79 Å². The van der Waals surface area contributed by atoms with Crippen LogP contribution in [-0.2, 0) is 14.9 Å². The Hall–Kier alpha value is -1.46. The van der Waals surface area contributed by atoms with E-state index in [9.17, 15) is 9.59 Å². The van der Waals surface area contributed by atoms with Crippen LogP contribution in [0.15, 0.2) is 30.3 Å². The predicted molar refractivity (Wildman–Crippen MR) is 99.3 cm³/mol. The van der Waals surface area contributed by atoms with Crippen molar-refractivity contribution < 1.29 is 14.3 Å². The molecule has 2 aliphatic carbocycles. The maximum Gasteiger partial charge on any atom is 0.407 e. The van der Waals surface area contributed by atoms with Crippen molar-refractivity contribution in [1.29, 1.82) is 0 Å². The number of nitrogens with zero attached hydrogens (tertiary/aromatic N) is 1. The number of nitrogens with one attached hydrogen (secondary N) is 1. The molecule has 0 spiro atoms. The highest BCUT2D eigenvalue weighted by Gasteiger charge is 2.77. The smallest absolute Gasteiger partial charge is 0.407 e. The Morgan fingerprint density at radius 3 is 2.54 bits per heavy atom. The number of fused-ring (bicyclic) bond motifs is 1. The van der Waals surface area contributed by atoms with Gasteiger partial charge in [-0.2, -0.15) is 0 Å². The number of carbonyl (C=O) groups is 2. The van der Waals surface area contributed by atoms with E-state index in [2.05, 4.69) is 22.2 Å². The number of alkyl carbamates (subject to hydrolysis) is 1. The van der Waals surface area contributed by atoms with Gasteiger partial charge in [-0.25, -0.2) is 4.79 Å². The number of likely N-dealkylation sites (tertiary alicyclic amines) is 1.